The molecule has 0 saturated carbocycles. The number of nitriles is 1. The minimum Gasteiger partial charge on any atom is -0.358 e. The molecule has 1 amide bonds. The predicted molar refractivity (Wildman–Crippen MR) is 75.5 cm³/mol. The van der Waals surface area contributed by atoms with Crippen molar-refractivity contribution in [1.82, 2.24) is 4.98 Å². The van der Waals surface area contributed by atoms with Crippen LogP contribution in [0.2, 0.25) is 0 Å². The number of aromatic amines is 1. The lowest BCUT2D eigenvalue weighted by atomic mass is 9.78. The summed E-state index contributed by atoms with van der Waals surface area (Å²) in [5, 5.41) is 10.4. The van der Waals surface area contributed by atoms with E-state index in [1.54, 1.807) is 6.21 Å². The number of allylic oxidation sites excluding steroid dienone is 1. The summed E-state index contributed by atoms with van der Waals surface area (Å²) < 4.78 is 0. The lowest BCUT2D eigenvalue weighted by Gasteiger charge is -2.26. The maximum Gasteiger partial charge on any atom is 0.287 e. The fraction of sp³-hybridized carbons (Fsp3) is 0.188. The molecule has 2 aliphatic rings. The van der Waals surface area contributed by atoms with Gasteiger partial charge in [0.2, 0.25) is 0 Å². The van der Waals surface area contributed by atoms with Gasteiger partial charge in [-0.1, -0.05) is 18.2 Å². The second-order valence-electron chi connectivity index (χ2n) is 5.14. The number of aromatic nitrogens is 1. The summed E-state index contributed by atoms with van der Waals surface area (Å²) >= 11 is 0. The molecule has 1 aliphatic carbocycles. The Morgan fingerprint density at radius 2 is 2.15 bits per heavy atom. The predicted octanol–water partition coefficient (Wildman–Crippen LogP) is 2.63. The fourth-order valence-corrected chi connectivity index (χ4v) is 3.27. The zero-order valence-electron chi connectivity index (χ0n) is 10.7. The Hall–Kier alpha value is -2.67. The van der Waals surface area contributed by atoms with Gasteiger partial charge in [-0.2, -0.15) is 5.26 Å². The van der Waals surface area contributed by atoms with Gasteiger partial charge >= 0.3 is 0 Å². The summed E-state index contributed by atoms with van der Waals surface area (Å²) in [7, 11) is 0. The van der Waals surface area contributed by atoms with Crippen LogP contribution in [0.3, 0.4) is 0 Å². The molecule has 4 nitrogen and oxygen atoms in total. The highest BCUT2D eigenvalue weighted by atomic mass is 16.1. The summed E-state index contributed by atoms with van der Waals surface area (Å²) in [6.45, 7) is 0. The second-order valence-corrected chi connectivity index (χ2v) is 5.14. The van der Waals surface area contributed by atoms with Gasteiger partial charge in [-0.05, 0) is 30.0 Å². The quantitative estimate of drug-likeness (QED) is 0.792. The molecule has 96 valence electrons. The normalized spacial score (nSPS) is 20.8. The van der Waals surface area contributed by atoms with Crippen LogP contribution in [0.4, 0.5) is 0 Å². The zero-order valence-corrected chi connectivity index (χ0v) is 10.7. The van der Waals surface area contributed by atoms with Gasteiger partial charge in [0, 0.05) is 28.7 Å². The first-order valence-corrected chi connectivity index (χ1v) is 6.60. The Labute approximate surface area is 115 Å². The van der Waals surface area contributed by atoms with Crippen LogP contribution in [-0.2, 0) is 11.2 Å². The molecule has 4 rings (SSSR count). The van der Waals surface area contributed by atoms with Gasteiger partial charge in [0.05, 0.1) is 0 Å². The first kappa shape index (κ1) is 11.2. The molecule has 2 aromatic rings. The number of aryl methyl sites for hydroxylation is 1. The van der Waals surface area contributed by atoms with Crippen LogP contribution in [0.5, 0.6) is 0 Å². The molecule has 1 unspecified atom stereocenters. The van der Waals surface area contributed by atoms with E-state index in [9.17, 15) is 10.1 Å². The number of carbonyl (C=O) groups is 1. The number of dihydropyridines is 1. The van der Waals surface area contributed by atoms with Crippen LogP contribution >= 0.6 is 0 Å². The molecule has 20 heavy (non-hydrogen) atoms. The summed E-state index contributed by atoms with van der Waals surface area (Å²) in [5.41, 5.74) is 4.62. The van der Waals surface area contributed by atoms with E-state index in [4.69, 9.17) is 0 Å². The van der Waals surface area contributed by atoms with Crippen LogP contribution in [0.15, 0.2) is 40.4 Å². The van der Waals surface area contributed by atoms with E-state index in [2.05, 4.69) is 16.0 Å². The molecule has 2 heterocycles. The van der Waals surface area contributed by atoms with Gasteiger partial charge in [-0.15, -0.1) is 0 Å². The van der Waals surface area contributed by atoms with Crippen molar-refractivity contribution in [1.29, 1.82) is 5.26 Å². The van der Waals surface area contributed by atoms with Gasteiger partial charge in [0.15, 0.2) is 0 Å². The molecule has 0 fully saturated rings. The van der Waals surface area contributed by atoms with Crippen LogP contribution in [0, 0.1) is 11.3 Å². The number of carbonyl (C=O) groups excluding carboxylic acids is 1. The van der Waals surface area contributed by atoms with E-state index < -0.39 is 5.91 Å². The lowest BCUT2D eigenvalue weighted by molar-refractivity contribution is -0.114. The van der Waals surface area contributed by atoms with E-state index in [0.717, 1.165) is 29.3 Å². The average molecular weight is 261 g/mol. The number of hydrogen-bond donors (Lipinski definition) is 1. The first-order valence-electron chi connectivity index (χ1n) is 6.60. The van der Waals surface area contributed by atoms with Crippen LogP contribution in [0.1, 0.15) is 23.6 Å². The second kappa shape index (κ2) is 3.91. The van der Waals surface area contributed by atoms with E-state index >= 15 is 0 Å². The number of aliphatic imine (C=N–C) groups is 1. The molecule has 1 atom stereocenters. The van der Waals surface area contributed by atoms with Gasteiger partial charge in [0.1, 0.15) is 11.6 Å². The van der Waals surface area contributed by atoms with Crippen molar-refractivity contribution in [3.05, 3.63) is 46.7 Å². The number of para-hydroxylation sites is 1. The van der Waals surface area contributed by atoms with Crippen molar-refractivity contribution < 1.29 is 4.79 Å². The van der Waals surface area contributed by atoms with Gasteiger partial charge in [-0.25, -0.2) is 4.99 Å². The topological polar surface area (TPSA) is 69.0 Å². The molecule has 0 spiro atoms. The molecule has 0 radical (unpaired) electrons. The van der Waals surface area contributed by atoms with Crippen molar-refractivity contribution in [3.63, 3.8) is 0 Å². The summed E-state index contributed by atoms with van der Waals surface area (Å²) in [6.07, 6.45) is 3.27. The minimum absolute atomic E-state index is 0.0396. The molecule has 0 bridgehead atoms. The van der Waals surface area contributed by atoms with Gasteiger partial charge < -0.3 is 4.98 Å². The molecule has 1 N–H and O–H groups in total. The third kappa shape index (κ3) is 1.35. The van der Waals surface area contributed by atoms with Crippen molar-refractivity contribution in [2.45, 2.75) is 18.8 Å². The Balaban J connectivity index is 2.01. The molecule has 4 heteroatoms. The maximum atomic E-state index is 11.7. The monoisotopic (exact) mass is 261 g/mol. The number of rotatable bonds is 0. The minimum atomic E-state index is -0.401. The standard InChI is InChI=1S/C16H11N3O/c17-7-11-9-5-6-14-15(12(9)8-18-16(11)20)10-3-1-2-4-13(10)19-14/h1-4,8,12,19H,5-6H2. The number of amides is 1. The highest BCUT2D eigenvalue weighted by Crippen LogP contribution is 2.41. The highest BCUT2D eigenvalue weighted by Gasteiger charge is 2.33. The fourth-order valence-electron chi connectivity index (χ4n) is 3.27. The molecule has 1 aromatic carbocycles. The van der Waals surface area contributed by atoms with E-state index in [0.29, 0.717) is 0 Å². The van der Waals surface area contributed by atoms with Crippen molar-refractivity contribution in [2.24, 2.45) is 4.99 Å². The average Bonchev–Trinajstić information content (AvgIpc) is 2.85. The third-order valence-corrected chi connectivity index (χ3v) is 4.15. The summed E-state index contributed by atoms with van der Waals surface area (Å²) in [5.74, 6) is -0.440. The first-order chi connectivity index (χ1) is 9.79. The number of H-pyrrole nitrogens is 1. The SMILES string of the molecule is N#CC1=C2CCc3[nH]c4ccccc4c3C2C=NC1=O. The van der Waals surface area contributed by atoms with Crippen LogP contribution < -0.4 is 0 Å². The Kier molecular flexibility index (Phi) is 2.19. The number of hydrogen-bond acceptors (Lipinski definition) is 2. The Bertz CT molecular complexity index is 848. The van der Waals surface area contributed by atoms with Gasteiger partial charge in [0.25, 0.3) is 5.91 Å². The van der Waals surface area contributed by atoms with Crippen molar-refractivity contribution in [2.75, 3.05) is 0 Å². The Morgan fingerprint density at radius 3 is 3.00 bits per heavy atom. The molecular formula is C16H11N3O. The number of nitrogens with zero attached hydrogens (tertiary/aromatic N) is 2. The third-order valence-electron chi connectivity index (χ3n) is 4.15. The largest absolute Gasteiger partial charge is 0.358 e. The Morgan fingerprint density at radius 1 is 1.30 bits per heavy atom. The highest BCUT2D eigenvalue weighted by molar-refractivity contribution is 6.08. The van der Waals surface area contributed by atoms with E-state index in [-0.39, 0.29) is 11.5 Å². The van der Waals surface area contributed by atoms with Gasteiger partial charge in [-0.3, -0.25) is 4.79 Å². The summed E-state index contributed by atoms with van der Waals surface area (Å²) in [4.78, 5) is 19.0. The van der Waals surface area contributed by atoms with Crippen molar-refractivity contribution >= 4 is 23.0 Å². The summed E-state index contributed by atoms with van der Waals surface area (Å²) in [6, 6.07) is 10.2. The number of fused-ring (bicyclic) bond motifs is 5. The van der Waals surface area contributed by atoms with E-state index in [1.807, 2.05) is 24.3 Å². The maximum absolute atomic E-state index is 11.7. The number of benzene rings is 1. The van der Waals surface area contributed by atoms with Crippen molar-refractivity contribution in [3.8, 4) is 6.07 Å². The smallest absolute Gasteiger partial charge is 0.287 e. The molecular weight excluding hydrogens is 250 g/mol. The number of nitrogens with one attached hydrogen (secondary N) is 1. The van der Waals surface area contributed by atoms with Crippen LogP contribution in [0.25, 0.3) is 10.9 Å². The lowest BCUT2D eigenvalue weighted by Crippen LogP contribution is -2.21. The zero-order chi connectivity index (χ0) is 13.7. The molecule has 1 aliphatic heterocycles. The van der Waals surface area contributed by atoms with E-state index in [1.165, 1.54) is 11.3 Å². The molecule has 1 aromatic heterocycles. The molecule has 0 saturated heterocycles. The van der Waals surface area contributed by atoms with Crippen LogP contribution in [-0.4, -0.2) is 17.1 Å².